The second-order valence-corrected chi connectivity index (χ2v) is 14.2. The lowest BCUT2D eigenvalue weighted by atomic mass is 10.1. The van der Waals surface area contributed by atoms with Crippen molar-refractivity contribution in [2.75, 3.05) is 13.2 Å². The normalized spacial score (nSPS) is 12.6. The molecule has 0 aromatic carbocycles. The number of hydrogen-bond donors (Lipinski definition) is 0. The highest BCUT2D eigenvalue weighted by molar-refractivity contribution is 5.71. The van der Waals surface area contributed by atoms with Crippen LogP contribution in [0.5, 0.6) is 0 Å². The molecule has 0 bridgehead atoms. The van der Waals surface area contributed by atoms with E-state index >= 15 is 0 Å². The van der Waals surface area contributed by atoms with Gasteiger partial charge in [-0.1, -0.05) is 171 Å². The Balaban J connectivity index is 4.49. The Morgan fingerprint density at radius 1 is 0.396 bits per heavy atom. The molecule has 1 atom stereocenters. The lowest BCUT2D eigenvalue weighted by Gasteiger charge is -2.18. The molecule has 0 spiro atoms. The zero-order valence-electron chi connectivity index (χ0n) is 34.5. The molecule has 6 nitrogen and oxygen atoms in total. The molecule has 0 amide bonds. The summed E-state index contributed by atoms with van der Waals surface area (Å²) in [5.41, 5.74) is 0. The summed E-state index contributed by atoms with van der Waals surface area (Å²) in [5.74, 6) is -1.00. The molecule has 0 aliphatic carbocycles. The van der Waals surface area contributed by atoms with Gasteiger partial charge >= 0.3 is 17.9 Å². The van der Waals surface area contributed by atoms with E-state index in [4.69, 9.17) is 14.2 Å². The molecule has 0 aromatic rings. The van der Waals surface area contributed by atoms with Crippen LogP contribution in [0.2, 0.25) is 0 Å². The Kier molecular flexibility index (Phi) is 39.6. The van der Waals surface area contributed by atoms with Gasteiger partial charge in [0.25, 0.3) is 0 Å². The average molecular weight is 741 g/mol. The number of rotatable bonds is 38. The van der Waals surface area contributed by atoms with E-state index < -0.39 is 6.10 Å². The maximum absolute atomic E-state index is 12.7. The van der Waals surface area contributed by atoms with E-state index in [1.54, 1.807) is 0 Å². The van der Waals surface area contributed by atoms with Crippen LogP contribution in [0.1, 0.15) is 201 Å². The fourth-order valence-electron chi connectivity index (χ4n) is 5.74. The van der Waals surface area contributed by atoms with Crippen LogP contribution >= 0.6 is 0 Å². The third-order valence-electron chi connectivity index (χ3n) is 9.02. The van der Waals surface area contributed by atoms with Gasteiger partial charge in [-0.25, -0.2) is 0 Å². The first-order valence-electron chi connectivity index (χ1n) is 21.8. The topological polar surface area (TPSA) is 78.9 Å². The van der Waals surface area contributed by atoms with Gasteiger partial charge < -0.3 is 14.2 Å². The molecule has 0 aromatic heterocycles. The van der Waals surface area contributed by atoms with E-state index in [1.165, 1.54) is 77.0 Å². The minimum Gasteiger partial charge on any atom is -0.462 e. The highest BCUT2D eigenvalue weighted by Gasteiger charge is 2.19. The van der Waals surface area contributed by atoms with Crippen molar-refractivity contribution < 1.29 is 28.6 Å². The molecule has 0 saturated heterocycles. The van der Waals surface area contributed by atoms with Crippen molar-refractivity contribution in [1.29, 1.82) is 0 Å². The summed E-state index contributed by atoms with van der Waals surface area (Å²) in [4.78, 5) is 37.6. The van der Waals surface area contributed by atoms with Gasteiger partial charge in [-0.15, -0.1) is 0 Å². The Morgan fingerprint density at radius 2 is 0.774 bits per heavy atom. The monoisotopic (exact) mass is 741 g/mol. The molecular formula is C47H80O6. The lowest BCUT2D eigenvalue weighted by Crippen LogP contribution is -2.30. The van der Waals surface area contributed by atoms with Crippen molar-refractivity contribution in [1.82, 2.24) is 0 Å². The van der Waals surface area contributed by atoms with Gasteiger partial charge in [-0.3, -0.25) is 14.4 Å². The van der Waals surface area contributed by atoms with Gasteiger partial charge in [0.2, 0.25) is 0 Å². The van der Waals surface area contributed by atoms with Crippen molar-refractivity contribution in [2.24, 2.45) is 0 Å². The number of carbonyl (C=O) groups excluding carboxylic acids is 3. The number of esters is 3. The summed E-state index contributed by atoms with van der Waals surface area (Å²) < 4.78 is 16.6. The number of ether oxygens (including phenoxy) is 3. The van der Waals surface area contributed by atoms with Crippen LogP contribution in [0.15, 0.2) is 60.8 Å². The quantitative estimate of drug-likeness (QED) is 0.0271. The van der Waals surface area contributed by atoms with Gasteiger partial charge in [0.05, 0.1) is 0 Å². The molecule has 6 heteroatoms. The highest BCUT2D eigenvalue weighted by Crippen LogP contribution is 2.13. The van der Waals surface area contributed by atoms with Crippen LogP contribution in [0, 0.1) is 0 Å². The SMILES string of the molecule is CC/C=C\C/C=C\C/C=C\C/C=C\CCC(=O)OCC(COC(=O)CCCCCCCCCCC)OC(=O)CCCCCCC/C=C\CCCCCC. The summed E-state index contributed by atoms with van der Waals surface area (Å²) in [6.45, 7) is 6.39. The Bertz CT molecular complexity index is 991. The minimum atomic E-state index is -0.801. The summed E-state index contributed by atoms with van der Waals surface area (Å²) in [7, 11) is 0. The maximum Gasteiger partial charge on any atom is 0.306 e. The van der Waals surface area contributed by atoms with Crippen LogP contribution in [0.4, 0.5) is 0 Å². The van der Waals surface area contributed by atoms with Crippen molar-refractivity contribution >= 4 is 17.9 Å². The average Bonchev–Trinajstić information content (AvgIpc) is 3.15. The molecule has 53 heavy (non-hydrogen) atoms. The predicted molar refractivity (Wildman–Crippen MR) is 224 cm³/mol. The van der Waals surface area contributed by atoms with E-state index in [0.717, 1.165) is 77.0 Å². The van der Waals surface area contributed by atoms with Gasteiger partial charge in [-0.2, -0.15) is 0 Å². The summed E-state index contributed by atoms with van der Waals surface area (Å²) >= 11 is 0. The summed E-state index contributed by atoms with van der Waals surface area (Å²) in [6.07, 6.45) is 49.3. The number of carbonyl (C=O) groups is 3. The van der Waals surface area contributed by atoms with Crippen molar-refractivity contribution in [3.05, 3.63) is 60.8 Å². The van der Waals surface area contributed by atoms with Crippen LogP contribution in [-0.4, -0.2) is 37.2 Å². The van der Waals surface area contributed by atoms with Gasteiger partial charge in [0.1, 0.15) is 13.2 Å². The van der Waals surface area contributed by atoms with Crippen LogP contribution in [-0.2, 0) is 28.6 Å². The van der Waals surface area contributed by atoms with E-state index in [9.17, 15) is 14.4 Å². The molecule has 304 valence electrons. The van der Waals surface area contributed by atoms with Crippen molar-refractivity contribution in [3.8, 4) is 0 Å². The number of allylic oxidation sites excluding steroid dienone is 10. The van der Waals surface area contributed by atoms with Gasteiger partial charge in [0, 0.05) is 19.3 Å². The molecule has 0 aliphatic heterocycles. The zero-order chi connectivity index (χ0) is 38.7. The Labute approximate surface area is 326 Å². The molecule has 0 heterocycles. The summed E-state index contributed by atoms with van der Waals surface area (Å²) in [5, 5.41) is 0. The fourth-order valence-corrected chi connectivity index (χ4v) is 5.74. The van der Waals surface area contributed by atoms with Crippen LogP contribution in [0.25, 0.3) is 0 Å². The van der Waals surface area contributed by atoms with Crippen LogP contribution in [0.3, 0.4) is 0 Å². The second kappa shape index (κ2) is 41.9. The third-order valence-corrected chi connectivity index (χ3v) is 9.02. The summed E-state index contributed by atoms with van der Waals surface area (Å²) in [6, 6.07) is 0. The van der Waals surface area contributed by atoms with Crippen molar-refractivity contribution in [2.45, 2.75) is 207 Å². The standard InChI is InChI=1S/C47H80O6/c1-4-7-10-13-16-19-21-23-25-28-31-34-37-40-46(49)52-43-44(42-51-45(48)39-36-33-30-27-18-15-12-9-6-3)53-47(50)41-38-35-32-29-26-24-22-20-17-14-11-8-5-2/h7,10,16,19-20,22-23,25,31,34,44H,4-6,8-9,11-15,17-18,21,24,26-30,32-33,35-43H2,1-3H3/b10-7-,19-16-,22-20-,25-23-,34-31-. The maximum atomic E-state index is 12.7. The zero-order valence-corrected chi connectivity index (χ0v) is 34.5. The molecule has 0 N–H and O–H groups in total. The lowest BCUT2D eigenvalue weighted by molar-refractivity contribution is -0.166. The number of unbranched alkanes of at least 4 members (excludes halogenated alkanes) is 17. The molecule has 0 saturated carbocycles. The van der Waals surface area contributed by atoms with E-state index in [-0.39, 0.29) is 37.5 Å². The second-order valence-electron chi connectivity index (χ2n) is 14.2. The molecule has 1 unspecified atom stereocenters. The largest absolute Gasteiger partial charge is 0.462 e. The molecule has 0 radical (unpaired) electrons. The Morgan fingerprint density at radius 3 is 1.28 bits per heavy atom. The first-order valence-corrected chi connectivity index (χ1v) is 21.8. The Hall–Kier alpha value is -2.89. The van der Waals surface area contributed by atoms with Crippen molar-refractivity contribution in [3.63, 3.8) is 0 Å². The smallest absolute Gasteiger partial charge is 0.306 e. The van der Waals surface area contributed by atoms with Gasteiger partial charge in [-0.05, 0) is 70.6 Å². The highest BCUT2D eigenvalue weighted by atomic mass is 16.6. The molecular weight excluding hydrogens is 661 g/mol. The minimum absolute atomic E-state index is 0.0989. The van der Waals surface area contributed by atoms with Gasteiger partial charge in [0.15, 0.2) is 6.10 Å². The van der Waals surface area contributed by atoms with E-state index in [0.29, 0.717) is 19.3 Å². The first-order chi connectivity index (χ1) is 26.0. The fraction of sp³-hybridized carbons (Fsp3) is 0.723. The molecule has 0 aliphatic rings. The number of hydrogen-bond acceptors (Lipinski definition) is 6. The molecule has 0 fully saturated rings. The molecule has 0 rings (SSSR count). The van der Waals surface area contributed by atoms with E-state index in [1.807, 2.05) is 12.2 Å². The predicted octanol–water partition coefficient (Wildman–Crippen LogP) is 13.7. The third kappa shape index (κ3) is 40.1. The van der Waals surface area contributed by atoms with Crippen LogP contribution < -0.4 is 0 Å². The first kappa shape index (κ1) is 50.1. The van der Waals surface area contributed by atoms with E-state index in [2.05, 4.69) is 69.4 Å².